The first kappa shape index (κ1) is 16.4. The van der Waals surface area contributed by atoms with Crippen LogP contribution in [0.3, 0.4) is 0 Å². The predicted molar refractivity (Wildman–Crippen MR) is 62.7 cm³/mol. The molecule has 2 saturated heterocycles. The first-order valence-electron chi connectivity index (χ1n) is 4.58. The van der Waals surface area contributed by atoms with Gasteiger partial charge in [-0.15, -0.1) is 0 Å². The van der Waals surface area contributed by atoms with Crippen LogP contribution in [-0.4, -0.2) is 24.4 Å². The summed E-state index contributed by atoms with van der Waals surface area (Å²) in [6.45, 7) is 4.28. The van der Waals surface area contributed by atoms with Crippen LogP contribution in [0.25, 0.3) is 0 Å². The maximum Gasteiger partial charge on any atom is 0.0839 e. The topological polar surface area (TPSA) is 25.1 Å². The highest BCUT2D eigenvalue weighted by atomic mass is 16.6. The lowest BCUT2D eigenvalue weighted by Gasteiger charge is -1.92. The van der Waals surface area contributed by atoms with E-state index in [1.807, 2.05) is 0 Å². The Morgan fingerprint density at radius 1 is 0.786 bits per heavy atom. The summed E-state index contributed by atoms with van der Waals surface area (Å²) >= 11 is 0. The van der Waals surface area contributed by atoms with Crippen LogP contribution in [0.1, 0.15) is 55.4 Å². The zero-order valence-electron chi connectivity index (χ0n) is 7.25. The number of hydrogen-bond acceptors (Lipinski definition) is 2. The van der Waals surface area contributed by atoms with Crippen molar-refractivity contribution < 1.29 is 9.47 Å². The highest BCUT2D eigenvalue weighted by molar-refractivity contribution is 4.83. The Hall–Kier alpha value is -0.0800. The molecule has 2 heterocycles. The largest absolute Gasteiger partial charge is 0.370 e. The molecular formula is C12H28O2. The lowest BCUT2D eigenvalue weighted by molar-refractivity contribution is 0.347. The van der Waals surface area contributed by atoms with Gasteiger partial charge in [-0.3, -0.25) is 0 Å². The van der Waals surface area contributed by atoms with Crippen LogP contribution in [0.5, 0.6) is 0 Å². The zero-order chi connectivity index (χ0) is 7.84. The Balaban J connectivity index is 0. The molecule has 0 saturated carbocycles. The van der Waals surface area contributed by atoms with E-state index in [0.29, 0.717) is 24.4 Å². The van der Waals surface area contributed by atoms with Gasteiger partial charge in [0.1, 0.15) is 0 Å². The quantitative estimate of drug-likeness (QED) is 0.653. The van der Waals surface area contributed by atoms with E-state index < -0.39 is 0 Å². The van der Waals surface area contributed by atoms with Crippen molar-refractivity contribution in [2.24, 2.45) is 0 Å². The molecule has 14 heavy (non-hydrogen) atoms. The molecule has 2 fully saturated rings. The van der Waals surface area contributed by atoms with Crippen molar-refractivity contribution in [3.8, 4) is 0 Å². The second-order valence-electron chi connectivity index (χ2n) is 3.69. The van der Waals surface area contributed by atoms with Gasteiger partial charge in [0.25, 0.3) is 0 Å². The Morgan fingerprint density at radius 3 is 1.29 bits per heavy atom. The van der Waals surface area contributed by atoms with Gasteiger partial charge < -0.3 is 9.47 Å². The van der Waals surface area contributed by atoms with E-state index in [4.69, 9.17) is 9.47 Å². The van der Waals surface area contributed by atoms with Crippen LogP contribution in [0.4, 0.5) is 0 Å². The van der Waals surface area contributed by atoms with Gasteiger partial charge >= 0.3 is 0 Å². The number of hydrogen-bond donors (Lipinski definition) is 0. The summed E-state index contributed by atoms with van der Waals surface area (Å²) in [5.41, 5.74) is 0. The Labute approximate surface area is 90.0 Å². The molecule has 0 aromatic rings. The molecule has 0 spiro atoms. The molecule has 0 aromatic carbocycles. The van der Waals surface area contributed by atoms with Gasteiger partial charge in [0, 0.05) is 0 Å². The van der Waals surface area contributed by atoms with Crippen LogP contribution < -0.4 is 0 Å². The normalized spacial score (nSPS) is 37.3. The van der Waals surface area contributed by atoms with Crippen LogP contribution in [0.15, 0.2) is 0 Å². The number of rotatable bonds is 4. The summed E-state index contributed by atoms with van der Waals surface area (Å²) in [6.07, 6.45) is 5.94. The van der Waals surface area contributed by atoms with Crippen molar-refractivity contribution in [2.75, 3.05) is 0 Å². The van der Waals surface area contributed by atoms with Gasteiger partial charge in [-0.25, -0.2) is 0 Å². The number of epoxide rings is 2. The summed E-state index contributed by atoms with van der Waals surface area (Å²) in [6, 6.07) is 0. The standard InChI is InChI=1S/C9H16O2.3CH4/c1-6-8(10-6)4-3-5-9-7(2)11-9;;;/h6-9H,3-5H2,1-2H3;3*1H4. The van der Waals surface area contributed by atoms with Crippen molar-refractivity contribution in [2.45, 2.75) is 79.8 Å². The summed E-state index contributed by atoms with van der Waals surface area (Å²) in [4.78, 5) is 0. The maximum absolute atomic E-state index is 5.31. The van der Waals surface area contributed by atoms with Crippen molar-refractivity contribution in [3.63, 3.8) is 0 Å². The average molecular weight is 204 g/mol. The van der Waals surface area contributed by atoms with Gasteiger partial charge in [0.05, 0.1) is 24.4 Å². The Bertz CT molecular complexity index is 131. The van der Waals surface area contributed by atoms with Crippen LogP contribution >= 0.6 is 0 Å². The molecule has 2 heteroatoms. The minimum atomic E-state index is 0. The summed E-state index contributed by atoms with van der Waals surface area (Å²) in [5.74, 6) is 0. The predicted octanol–water partition coefficient (Wildman–Crippen LogP) is 3.64. The van der Waals surface area contributed by atoms with E-state index in [2.05, 4.69) is 13.8 Å². The second kappa shape index (κ2) is 6.41. The second-order valence-corrected chi connectivity index (χ2v) is 3.69. The SMILES string of the molecule is C.C.C.CC1OC1CCCC1OC1C. The molecule has 88 valence electrons. The molecule has 0 aromatic heterocycles. The molecular weight excluding hydrogens is 176 g/mol. The third kappa shape index (κ3) is 4.43. The van der Waals surface area contributed by atoms with Gasteiger partial charge in [-0.1, -0.05) is 22.3 Å². The van der Waals surface area contributed by atoms with Crippen LogP contribution in [0, 0.1) is 0 Å². The van der Waals surface area contributed by atoms with Crippen molar-refractivity contribution in [1.29, 1.82) is 0 Å². The fourth-order valence-corrected chi connectivity index (χ4v) is 1.59. The van der Waals surface area contributed by atoms with Gasteiger partial charge in [0.2, 0.25) is 0 Å². The lowest BCUT2D eigenvalue weighted by atomic mass is 10.1. The van der Waals surface area contributed by atoms with Crippen LogP contribution in [-0.2, 0) is 9.47 Å². The molecule has 2 rings (SSSR count). The van der Waals surface area contributed by atoms with E-state index in [1.54, 1.807) is 0 Å². The van der Waals surface area contributed by atoms with E-state index in [1.165, 1.54) is 19.3 Å². The fraction of sp³-hybridized carbons (Fsp3) is 1.00. The molecule has 0 aliphatic carbocycles. The number of ether oxygens (including phenoxy) is 2. The third-order valence-corrected chi connectivity index (χ3v) is 2.65. The van der Waals surface area contributed by atoms with E-state index in [0.717, 1.165) is 0 Å². The lowest BCUT2D eigenvalue weighted by Crippen LogP contribution is -1.94. The molecule has 0 radical (unpaired) electrons. The molecule has 0 bridgehead atoms. The maximum atomic E-state index is 5.31. The van der Waals surface area contributed by atoms with E-state index in [9.17, 15) is 0 Å². The van der Waals surface area contributed by atoms with E-state index >= 15 is 0 Å². The minimum Gasteiger partial charge on any atom is -0.370 e. The van der Waals surface area contributed by atoms with Gasteiger partial charge in [0.15, 0.2) is 0 Å². The molecule has 0 amide bonds. The smallest absolute Gasteiger partial charge is 0.0839 e. The molecule has 2 nitrogen and oxygen atoms in total. The molecule has 2 aliphatic heterocycles. The van der Waals surface area contributed by atoms with Crippen molar-refractivity contribution in [3.05, 3.63) is 0 Å². The monoisotopic (exact) mass is 204 g/mol. The average Bonchev–Trinajstić information content (AvgIpc) is 2.79. The minimum absolute atomic E-state index is 0. The molecule has 2 aliphatic rings. The van der Waals surface area contributed by atoms with Crippen molar-refractivity contribution in [1.82, 2.24) is 0 Å². The first-order valence-corrected chi connectivity index (χ1v) is 4.58. The Morgan fingerprint density at radius 2 is 1.07 bits per heavy atom. The highest BCUT2D eigenvalue weighted by Gasteiger charge is 2.36. The van der Waals surface area contributed by atoms with E-state index in [-0.39, 0.29) is 22.3 Å². The molecule has 4 unspecified atom stereocenters. The molecule has 0 N–H and O–H groups in total. The zero-order valence-corrected chi connectivity index (χ0v) is 7.25. The van der Waals surface area contributed by atoms with Crippen molar-refractivity contribution >= 4 is 0 Å². The van der Waals surface area contributed by atoms with Gasteiger partial charge in [-0.05, 0) is 33.1 Å². The third-order valence-electron chi connectivity index (χ3n) is 2.65. The summed E-state index contributed by atoms with van der Waals surface area (Å²) in [7, 11) is 0. The van der Waals surface area contributed by atoms with Gasteiger partial charge in [-0.2, -0.15) is 0 Å². The highest BCUT2D eigenvalue weighted by Crippen LogP contribution is 2.30. The van der Waals surface area contributed by atoms with Crippen LogP contribution in [0.2, 0.25) is 0 Å². The summed E-state index contributed by atoms with van der Waals surface area (Å²) < 4.78 is 10.6. The molecule has 4 atom stereocenters. The summed E-state index contributed by atoms with van der Waals surface area (Å²) in [5, 5.41) is 0. The first-order chi connectivity index (χ1) is 5.27. The fourth-order valence-electron chi connectivity index (χ4n) is 1.59. The Kier molecular flexibility index (Phi) is 7.49.